The molecule has 0 atom stereocenters. The van der Waals surface area contributed by atoms with E-state index in [1.54, 1.807) is 30.0 Å². The Labute approximate surface area is 211 Å². The number of pyridine rings is 1. The summed E-state index contributed by atoms with van der Waals surface area (Å²) in [6.45, 7) is -0.434. The number of likely N-dealkylation sites (tertiary alicyclic amines) is 1. The average Bonchev–Trinajstić information content (AvgIpc) is 2.88. The fourth-order valence-corrected chi connectivity index (χ4v) is 4.32. The van der Waals surface area contributed by atoms with E-state index < -0.39 is 17.4 Å². The Morgan fingerprint density at radius 2 is 1.81 bits per heavy atom. The van der Waals surface area contributed by atoms with E-state index in [9.17, 15) is 28.5 Å². The third-order valence-corrected chi connectivity index (χ3v) is 6.27. The van der Waals surface area contributed by atoms with Crippen LogP contribution in [0.25, 0.3) is 0 Å². The van der Waals surface area contributed by atoms with E-state index in [1.165, 1.54) is 24.3 Å². The van der Waals surface area contributed by atoms with Gasteiger partial charge in [-0.1, -0.05) is 24.3 Å². The van der Waals surface area contributed by atoms with Crippen molar-refractivity contribution in [2.24, 2.45) is 0 Å². The summed E-state index contributed by atoms with van der Waals surface area (Å²) in [6.07, 6.45) is 2.56. The molecule has 2 amide bonds. The summed E-state index contributed by atoms with van der Waals surface area (Å²) in [7, 11) is 0. The van der Waals surface area contributed by atoms with Gasteiger partial charge in [0.05, 0.1) is 10.5 Å². The van der Waals surface area contributed by atoms with Crippen LogP contribution in [0.4, 0.5) is 20.2 Å². The number of nitrogens with one attached hydrogen (secondary N) is 1. The molecule has 0 spiro atoms. The van der Waals surface area contributed by atoms with Crippen LogP contribution in [0.2, 0.25) is 0 Å². The molecular weight excluding hydrogens is 486 g/mol. The number of alkyl halides is 2. The summed E-state index contributed by atoms with van der Waals surface area (Å²) in [5.74, 6) is -0.816. The number of carbonyl (C=O) groups is 2. The lowest BCUT2D eigenvalue weighted by atomic mass is 9.89. The number of aromatic nitrogens is 1. The fraction of sp³-hybridized carbons (Fsp3) is 0.269. The van der Waals surface area contributed by atoms with Crippen LogP contribution in [0.3, 0.4) is 0 Å². The molecule has 0 saturated carbocycles. The first-order chi connectivity index (χ1) is 17.7. The maximum Gasteiger partial charge on any atom is 0.387 e. The van der Waals surface area contributed by atoms with Gasteiger partial charge in [0, 0.05) is 24.3 Å². The number of halogens is 2. The van der Waals surface area contributed by atoms with Crippen LogP contribution in [0, 0.1) is 17.0 Å². The summed E-state index contributed by atoms with van der Waals surface area (Å²) >= 11 is 0. The smallest absolute Gasteiger partial charge is 0.387 e. The number of carbonyl (C=O) groups excluding carboxylic acids is 2. The molecule has 1 N–H and O–H groups in total. The Morgan fingerprint density at radius 1 is 1.14 bits per heavy atom. The molecule has 1 aliphatic rings. The number of amides is 2. The van der Waals surface area contributed by atoms with Gasteiger partial charge in [-0.3, -0.25) is 19.7 Å². The minimum Gasteiger partial charge on any atom is -0.434 e. The predicted molar refractivity (Wildman–Crippen MR) is 131 cm³/mol. The van der Waals surface area contributed by atoms with Crippen molar-refractivity contribution < 1.29 is 28.0 Å². The number of ether oxygens (including phenoxy) is 1. The van der Waals surface area contributed by atoms with Crippen LogP contribution in [0.15, 0.2) is 60.8 Å². The molecule has 9 nitrogen and oxygen atoms in total. The van der Waals surface area contributed by atoms with E-state index >= 15 is 0 Å². The molecule has 3 aromatic rings. The number of nitro groups is 1. The van der Waals surface area contributed by atoms with Crippen molar-refractivity contribution in [2.75, 3.05) is 18.4 Å². The molecule has 0 radical (unpaired) electrons. The fourth-order valence-electron chi connectivity index (χ4n) is 4.32. The van der Waals surface area contributed by atoms with Crippen LogP contribution in [0.5, 0.6) is 5.75 Å². The van der Waals surface area contributed by atoms with Gasteiger partial charge in [-0.05, 0) is 61.6 Å². The molecule has 0 aliphatic carbocycles. The van der Waals surface area contributed by atoms with Crippen molar-refractivity contribution in [3.8, 4) is 5.75 Å². The van der Waals surface area contributed by atoms with Gasteiger partial charge >= 0.3 is 6.61 Å². The van der Waals surface area contributed by atoms with Crippen molar-refractivity contribution in [3.05, 3.63) is 93.3 Å². The normalized spacial score (nSPS) is 13.9. The predicted octanol–water partition coefficient (Wildman–Crippen LogP) is 5.17. The molecule has 0 unspecified atom stereocenters. The van der Waals surface area contributed by atoms with Gasteiger partial charge < -0.3 is 15.0 Å². The third kappa shape index (κ3) is 6.05. The molecule has 37 heavy (non-hydrogen) atoms. The summed E-state index contributed by atoms with van der Waals surface area (Å²) in [5.41, 5.74) is 2.00. The number of rotatable bonds is 7. The molecule has 4 rings (SSSR count). The highest BCUT2D eigenvalue weighted by Crippen LogP contribution is 2.30. The highest BCUT2D eigenvalue weighted by atomic mass is 19.3. The van der Waals surface area contributed by atoms with Crippen LogP contribution in [-0.4, -0.2) is 46.3 Å². The lowest BCUT2D eigenvalue weighted by Crippen LogP contribution is -2.38. The number of benzene rings is 2. The minimum atomic E-state index is -3.04. The highest BCUT2D eigenvalue weighted by molar-refractivity contribution is 6.06. The summed E-state index contributed by atoms with van der Waals surface area (Å²) in [6, 6.07) is 14.5. The monoisotopic (exact) mass is 510 g/mol. The first-order valence-corrected chi connectivity index (χ1v) is 11.6. The zero-order chi connectivity index (χ0) is 26.5. The maximum absolute atomic E-state index is 12.8. The summed E-state index contributed by atoms with van der Waals surface area (Å²) in [5, 5.41) is 13.7. The Balaban J connectivity index is 1.35. The first kappa shape index (κ1) is 25.7. The zero-order valence-corrected chi connectivity index (χ0v) is 19.9. The van der Waals surface area contributed by atoms with Crippen molar-refractivity contribution in [3.63, 3.8) is 0 Å². The van der Waals surface area contributed by atoms with E-state index in [-0.39, 0.29) is 34.5 Å². The number of aryl methyl sites for hydroxylation is 1. The van der Waals surface area contributed by atoms with Crippen LogP contribution in [-0.2, 0) is 0 Å². The largest absolute Gasteiger partial charge is 0.434 e. The van der Waals surface area contributed by atoms with Gasteiger partial charge in [0.15, 0.2) is 0 Å². The SMILES string of the molecule is Cc1cc(C(=O)N2CCC(c3ccc(NC(=O)c4ccccc4OC(F)F)cc3)CC2)ncc1[N+](=O)[O-]. The summed E-state index contributed by atoms with van der Waals surface area (Å²) < 4.78 is 29.7. The molecule has 0 bridgehead atoms. The van der Waals surface area contributed by atoms with E-state index in [4.69, 9.17) is 0 Å². The van der Waals surface area contributed by atoms with E-state index in [0.717, 1.165) is 24.6 Å². The van der Waals surface area contributed by atoms with Gasteiger partial charge in [-0.15, -0.1) is 0 Å². The zero-order valence-electron chi connectivity index (χ0n) is 19.9. The first-order valence-electron chi connectivity index (χ1n) is 11.6. The third-order valence-electron chi connectivity index (χ3n) is 6.27. The van der Waals surface area contributed by atoms with Crippen LogP contribution in [0.1, 0.15) is 50.7 Å². The lowest BCUT2D eigenvalue weighted by molar-refractivity contribution is -0.385. The van der Waals surface area contributed by atoms with Crippen molar-refractivity contribution >= 4 is 23.2 Å². The Bertz CT molecular complexity index is 1310. The van der Waals surface area contributed by atoms with E-state index in [2.05, 4.69) is 15.0 Å². The van der Waals surface area contributed by atoms with E-state index in [1.807, 2.05) is 12.1 Å². The van der Waals surface area contributed by atoms with Gasteiger partial charge in [0.25, 0.3) is 17.5 Å². The Morgan fingerprint density at radius 3 is 2.43 bits per heavy atom. The van der Waals surface area contributed by atoms with Crippen molar-refractivity contribution in [1.29, 1.82) is 0 Å². The molecule has 192 valence electrons. The van der Waals surface area contributed by atoms with Crippen LogP contribution < -0.4 is 10.1 Å². The number of piperidine rings is 1. The van der Waals surface area contributed by atoms with Crippen LogP contribution >= 0.6 is 0 Å². The van der Waals surface area contributed by atoms with Gasteiger partial charge in [0.2, 0.25) is 0 Å². The second-order valence-corrected chi connectivity index (χ2v) is 8.63. The maximum atomic E-state index is 12.8. The molecular formula is C26H24F2N4O5. The molecule has 2 heterocycles. The lowest BCUT2D eigenvalue weighted by Gasteiger charge is -2.32. The molecule has 1 aromatic heterocycles. The molecule has 1 saturated heterocycles. The number of anilines is 1. The quantitative estimate of drug-likeness (QED) is 0.346. The summed E-state index contributed by atoms with van der Waals surface area (Å²) in [4.78, 5) is 41.5. The number of hydrogen-bond donors (Lipinski definition) is 1. The van der Waals surface area contributed by atoms with E-state index in [0.29, 0.717) is 24.3 Å². The minimum absolute atomic E-state index is 0.00150. The van der Waals surface area contributed by atoms with Gasteiger partial charge in [-0.2, -0.15) is 8.78 Å². The standard InChI is InChI=1S/C26H24F2N4O5/c1-16-14-21(29-15-22(16)32(35)36)25(34)31-12-10-18(11-13-31)17-6-8-19(9-7-17)30-24(33)20-4-2-3-5-23(20)37-26(27)28/h2-9,14-15,18,26H,10-13H2,1H3,(H,30,33). The Hall–Kier alpha value is -4.41. The van der Waals surface area contributed by atoms with Crippen molar-refractivity contribution in [1.82, 2.24) is 9.88 Å². The highest BCUT2D eigenvalue weighted by Gasteiger charge is 2.26. The molecule has 2 aromatic carbocycles. The topological polar surface area (TPSA) is 115 Å². The number of para-hydroxylation sites is 1. The second-order valence-electron chi connectivity index (χ2n) is 8.63. The number of nitrogens with zero attached hydrogens (tertiary/aromatic N) is 3. The Kier molecular flexibility index (Phi) is 7.71. The molecule has 1 fully saturated rings. The number of hydrogen-bond acceptors (Lipinski definition) is 6. The van der Waals surface area contributed by atoms with Crippen molar-refractivity contribution in [2.45, 2.75) is 32.3 Å². The molecule has 11 heteroatoms. The van der Waals surface area contributed by atoms with Gasteiger partial charge in [-0.25, -0.2) is 4.98 Å². The van der Waals surface area contributed by atoms with Gasteiger partial charge in [0.1, 0.15) is 17.6 Å². The second kappa shape index (κ2) is 11.1. The molecule has 1 aliphatic heterocycles. The average molecular weight is 510 g/mol.